The number of hydrogen-bond acceptors (Lipinski definition) is 3. The summed E-state index contributed by atoms with van der Waals surface area (Å²) in [6.07, 6.45) is 2.33. The van der Waals surface area contributed by atoms with E-state index in [0.717, 1.165) is 25.3 Å². The Bertz CT molecular complexity index is 342. The van der Waals surface area contributed by atoms with E-state index in [2.05, 4.69) is 53.6 Å². The molecule has 0 radical (unpaired) electrons. The van der Waals surface area contributed by atoms with Crippen LogP contribution in [0.25, 0.3) is 0 Å². The van der Waals surface area contributed by atoms with Crippen LogP contribution in [0, 0.1) is 0 Å². The maximum atomic E-state index is 4.28. The number of rotatable bonds is 5. The van der Waals surface area contributed by atoms with Crippen LogP contribution >= 0.6 is 12.6 Å². The second-order valence-corrected chi connectivity index (χ2v) is 5.37. The number of hydrogen-bond donors (Lipinski definition) is 1. The molecule has 0 atom stereocenters. The molecule has 18 heavy (non-hydrogen) atoms. The van der Waals surface area contributed by atoms with Crippen molar-refractivity contribution in [2.45, 2.75) is 19.8 Å². The number of thiol groups is 1. The Morgan fingerprint density at radius 3 is 2.28 bits per heavy atom. The summed E-state index contributed by atoms with van der Waals surface area (Å²) in [6.45, 7) is 8.07. The summed E-state index contributed by atoms with van der Waals surface area (Å²) in [7, 11) is 0. The van der Waals surface area contributed by atoms with Gasteiger partial charge in [0.25, 0.3) is 0 Å². The van der Waals surface area contributed by atoms with E-state index in [9.17, 15) is 0 Å². The van der Waals surface area contributed by atoms with Gasteiger partial charge in [0.05, 0.1) is 0 Å². The van der Waals surface area contributed by atoms with E-state index in [4.69, 9.17) is 0 Å². The van der Waals surface area contributed by atoms with Gasteiger partial charge in [0.15, 0.2) is 0 Å². The van der Waals surface area contributed by atoms with Gasteiger partial charge in [0.1, 0.15) is 0 Å². The molecule has 100 valence electrons. The zero-order valence-corrected chi connectivity index (χ0v) is 12.2. The lowest BCUT2D eigenvalue weighted by Crippen LogP contribution is -2.46. The van der Waals surface area contributed by atoms with Gasteiger partial charge in [-0.25, -0.2) is 0 Å². The summed E-state index contributed by atoms with van der Waals surface area (Å²) in [6, 6.07) is 9.04. The predicted molar refractivity (Wildman–Crippen MR) is 82.9 cm³/mol. The second kappa shape index (κ2) is 7.05. The maximum Gasteiger partial charge on any atom is 0.0367 e. The molecule has 1 aromatic carbocycles. The first-order valence-corrected chi connectivity index (χ1v) is 7.64. The van der Waals surface area contributed by atoms with E-state index in [1.807, 2.05) is 0 Å². The van der Waals surface area contributed by atoms with E-state index in [1.165, 1.54) is 37.3 Å². The van der Waals surface area contributed by atoms with Crippen LogP contribution in [0.5, 0.6) is 0 Å². The summed E-state index contributed by atoms with van der Waals surface area (Å²) < 4.78 is 0. The summed E-state index contributed by atoms with van der Waals surface area (Å²) in [4.78, 5) is 5.05. The highest BCUT2D eigenvalue weighted by molar-refractivity contribution is 7.80. The predicted octanol–water partition coefficient (Wildman–Crippen LogP) is 2.69. The molecular formula is C15H24N2S. The van der Waals surface area contributed by atoms with Crippen molar-refractivity contribution in [3.05, 3.63) is 29.8 Å². The first-order valence-electron chi connectivity index (χ1n) is 7.00. The molecule has 1 fully saturated rings. The minimum atomic E-state index is 0.999. The Hall–Kier alpha value is -0.670. The Labute approximate surface area is 116 Å². The van der Waals surface area contributed by atoms with E-state index >= 15 is 0 Å². The summed E-state index contributed by atoms with van der Waals surface area (Å²) in [5, 5.41) is 0. The zero-order chi connectivity index (χ0) is 12.8. The molecular weight excluding hydrogens is 240 g/mol. The third-order valence-corrected chi connectivity index (χ3v) is 4.03. The fraction of sp³-hybridized carbons (Fsp3) is 0.600. The van der Waals surface area contributed by atoms with Crippen molar-refractivity contribution in [1.29, 1.82) is 0 Å². The van der Waals surface area contributed by atoms with Crippen LogP contribution < -0.4 is 4.90 Å². The summed E-state index contributed by atoms with van der Waals surface area (Å²) in [5.74, 6) is 0.999. The highest BCUT2D eigenvalue weighted by Gasteiger charge is 2.16. The van der Waals surface area contributed by atoms with Crippen molar-refractivity contribution in [1.82, 2.24) is 4.90 Å². The molecule has 1 saturated heterocycles. The van der Waals surface area contributed by atoms with Crippen LogP contribution in [-0.2, 0) is 6.42 Å². The smallest absolute Gasteiger partial charge is 0.0367 e. The normalized spacial score (nSPS) is 17.1. The molecule has 2 nitrogen and oxygen atoms in total. The lowest BCUT2D eigenvalue weighted by atomic mass is 10.1. The molecule has 0 aliphatic carbocycles. The van der Waals surface area contributed by atoms with Crippen molar-refractivity contribution in [2.75, 3.05) is 43.4 Å². The minimum absolute atomic E-state index is 0.999. The molecule has 0 spiro atoms. The lowest BCUT2D eigenvalue weighted by Gasteiger charge is -2.36. The van der Waals surface area contributed by atoms with Gasteiger partial charge in [0.2, 0.25) is 0 Å². The van der Waals surface area contributed by atoms with Gasteiger partial charge >= 0.3 is 0 Å². The number of nitrogens with zero attached hydrogens (tertiary/aromatic N) is 2. The highest BCUT2D eigenvalue weighted by Crippen LogP contribution is 2.17. The molecule has 0 N–H and O–H groups in total. The second-order valence-electron chi connectivity index (χ2n) is 4.93. The lowest BCUT2D eigenvalue weighted by molar-refractivity contribution is 0.259. The molecule has 0 aromatic heterocycles. The van der Waals surface area contributed by atoms with Crippen molar-refractivity contribution in [2.24, 2.45) is 0 Å². The molecule has 3 heteroatoms. The number of anilines is 1. The van der Waals surface area contributed by atoms with Gasteiger partial charge in [0, 0.05) is 31.9 Å². The largest absolute Gasteiger partial charge is 0.369 e. The van der Waals surface area contributed by atoms with Gasteiger partial charge in [-0.2, -0.15) is 12.6 Å². The molecule has 1 aromatic rings. The molecule has 1 aliphatic rings. The van der Waals surface area contributed by atoms with Gasteiger partial charge in [-0.3, -0.25) is 4.90 Å². The van der Waals surface area contributed by atoms with E-state index in [-0.39, 0.29) is 0 Å². The Morgan fingerprint density at radius 1 is 1.06 bits per heavy atom. The number of piperazine rings is 1. The molecule has 2 rings (SSSR count). The van der Waals surface area contributed by atoms with Crippen LogP contribution in [0.1, 0.15) is 18.9 Å². The minimum Gasteiger partial charge on any atom is -0.369 e. The molecule has 0 unspecified atom stereocenters. The van der Waals surface area contributed by atoms with E-state index < -0.39 is 0 Å². The number of benzene rings is 1. The Kier molecular flexibility index (Phi) is 5.39. The van der Waals surface area contributed by atoms with Crippen molar-refractivity contribution < 1.29 is 0 Å². The monoisotopic (exact) mass is 264 g/mol. The van der Waals surface area contributed by atoms with Crippen LogP contribution in [0.4, 0.5) is 5.69 Å². The average Bonchev–Trinajstić information content (AvgIpc) is 2.46. The van der Waals surface area contributed by atoms with Gasteiger partial charge in [-0.15, -0.1) is 0 Å². The Balaban J connectivity index is 1.84. The third kappa shape index (κ3) is 3.66. The third-order valence-electron chi connectivity index (χ3n) is 3.71. The fourth-order valence-corrected chi connectivity index (χ4v) is 2.61. The standard InChI is InChI=1S/C15H24N2S/c1-2-14-4-6-15(7-5-14)17-11-9-16(10-12-17)8-3-13-18/h4-7,18H,2-3,8-13H2,1H3. The average molecular weight is 264 g/mol. The number of aryl methyl sites for hydroxylation is 1. The van der Waals surface area contributed by atoms with Gasteiger partial charge in [-0.05, 0) is 42.8 Å². The molecule has 0 saturated carbocycles. The first-order chi connectivity index (χ1) is 8.83. The quantitative estimate of drug-likeness (QED) is 0.817. The van der Waals surface area contributed by atoms with Crippen molar-refractivity contribution >= 4 is 18.3 Å². The van der Waals surface area contributed by atoms with Crippen molar-refractivity contribution in [3.63, 3.8) is 0 Å². The van der Waals surface area contributed by atoms with Crippen LogP contribution in [0.2, 0.25) is 0 Å². The maximum absolute atomic E-state index is 4.28. The highest BCUT2D eigenvalue weighted by atomic mass is 32.1. The van der Waals surface area contributed by atoms with E-state index in [1.54, 1.807) is 0 Å². The SMILES string of the molecule is CCc1ccc(N2CCN(CCCS)CC2)cc1. The van der Waals surface area contributed by atoms with Crippen molar-refractivity contribution in [3.8, 4) is 0 Å². The Morgan fingerprint density at radius 2 is 1.72 bits per heavy atom. The zero-order valence-electron chi connectivity index (χ0n) is 11.3. The topological polar surface area (TPSA) is 6.48 Å². The first kappa shape index (κ1) is 13.8. The fourth-order valence-electron chi connectivity index (χ4n) is 2.47. The summed E-state index contributed by atoms with van der Waals surface area (Å²) >= 11 is 4.28. The molecule has 1 aliphatic heterocycles. The van der Waals surface area contributed by atoms with E-state index in [0.29, 0.717) is 0 Å². The summed E-state index contributed by atoms with van der Waals surface area (Å²) in [5.41, 5.74) is 2.80. The van der Waals surface area contributed by atoms with Gasteiger partial charge in [-0.1, -0.05) is 19.1 Å². The molecule has 0 bridgehead atoms. The van der Waals surface area contributed by atoms with Gasteiger partial charge < -0.3 is 4.90 Å². The van der Waals surface area contributed by atoms with Crippen LogP contribution in [0.15, 0.2) is 24.3 Å². The molecule has 0 amide bonds. The molecule has 1 heterocycles. The van der Waals surface area contributed by atoms with Crippen LogP contribution in [0.3, 0.4) is 0 Å². The van der Waals surface area contributed by atoms with Crippen LogP contribution in [-0.4, -0.2) is 43.4 Å².